The van der Waals surface area contributed by atoms with Gasteiger partial charge in [-0.2, -0.15) is 0 Å². The van der Waals surface area contributed by atoms with Crippen molar-refractivity contribution in [2.24, 2.45) is 35.5 Å². The smallest absolute Gasteiger partial charge is 0.139 e. The lowest BCUT2D eigenvalue weighted by Gasteiger charge is -2.46. The normalized spacial score (nSPS) is 28.2. The van der Waals surface area contributed by atoms with Crippen LogP contribution in [-0.2, 0) is 24.1 Å². The number of hydrogen-bond acceptors (Lipinski definition) is 6. The monoisotopic (exact) mass is 860 g/mol. The quantitative estimate of drug-likeness (QED) is 0.257. The molecule has 6 nitrogen and oxygen atoms in total. The van der Waals surface area contributed by atoms with Crippen LogP contribution in [0.15, 0.2) is 36.4 Å². The molecule has 2 unspecified atom stereocenters. The van der Waals surface area contributed by atoms with Crippen LogP contribution < -0.4 is 0 Å². The molecule has 3 fully saturated rings. The molecule has 6 heterocycles. The van der Waals surface area contributed by atoms with Crippen LogP contribution in [0, 0.1) is 77.0 Å². The van der Waals surface area contributed by atoms with Gasteiger partial charge in [0.25, 0.3) is 0 Å². The van der Waals surface area contributed by atoms with E-state index in [1.807, 2.05) is 0 Å². The molecule has 6 heteroatoms. The Hall–Kier alpha value is -2.87. The maximum atomic E-state index is 12.5. The van der Waals surface area contributed by atoms with Crippen molar-refractivity contribution in [1.29, 1.82) is 0 Å². The standard InChI is InChI=1S/2C19H29NO.C19H27NO/c3*1-12(2)7-16-11-20-6-5-15-8-13(3)14(4)9-17(15)18(20)10-19(16)21/h2*8-9,12,16,18-19,21H,5-7,10-11H2,1-4H3;8-9,12,16,18H,5-7,10-11H2,1-4H3/t16-,18-,19+;16-,18-,19-;/m01./s1. The van der Waals surface area contributed by atoms with E-state index in [1.54, 1.807) is 0 Å². The topological polar surface area (TPSA) is 67.2 Å². The first-order valence-electron chi connectivity index (χ1n) is 25.3. The number of benzene rings is 3. The molecule has 63 heavy (non-hydrogen) atoms. The Morgan fingerprint density at radius 1 is 0.492 bits per heavy atom. The molecule has 0 radical (unpaired) electrons. The number of Topliss-reactive ketones (excluding diaryl/α,β-unsaturated/α-hetero) is 1. The third-order valence-corrected chi connectivity index (χ3v) is 16.2. The number of fused-ring (bicyclic) bond motifs is 9. The van der Waals surface area contributed by atoms with Crippen LogP contribution in [0.3, 0.4) is 0 Å². The van der Waals surface area contributed by atoms with Gasteiger partial charge in [-0.15, -0.1) is 0 Å². The average Bonchev–Trinajstić information content (AvgIpc) is 3.21. The predicted octanol–water partition coefficient (Wildman–Crippen LogP) is 11.1. The van der Waals surface area contributed by atoms with Crippen molar-refractivity contribution in [3.8, 4) is 0 Å². The molecule has 0 spiro atoms. The van der Waals surface area contributed by atoms with Crippen molar-refractivity contribution in [1.82, 2.24) is 14.7 Å². The number of nitrogens with zero attached hydrogens (tertiary/aromatic N) is 3. The summed E-state index contributed by atoms with van der Waals surface area (Å²) in [5, 5.41) is 21.2. The summed E-state index contributed by atoms with van der Waals surface area (Å²) in [6, 6.07) is 15.4. The molecular weight excluding hydrogens is 775 g/mol. The minimum atomic E-state index is -0.138. The second-order valence-corrected chi connectivity index (χ2v) is 22.6. The Kier molecular flexibility index (Phi) is 15.5. The Bertz CT molecular complexity index is 1970. The van der Waals surface area contributed by atoms with E-state index >= 15 is 0 Å². The van der Waals surface area contributed by atoms with Gasteiger partial charge in [0.1, 0.15) is 5.78 Å². The lowest BCUT2D eigenvalue weighted by atomic mass is 9.78. The summed E-state index contributed by atoms with van der Waals surface area (Å²) in [4.78, 5) is 20.3. The van der Waals surface area contributed by atoms with Crippen molar-refractivity contribution in [3.05, 3.63) is 103 Å². The molecule has 0 amide bonds. The molecule has 0 saturated carbocycles. The highest BCUT2D eigenvalue weighted by atomic mass is 16.3. The van der Waals surface area contributed by atoms with E-state index in [1.165, 1.54) is 66.8 Å². The maximum absolute atomic E-state index is 12.5. The molecule has 9 rings (SSSR count). The zero-order chi connectivity index (χ0) is 45.4. The van der Waals surface area contributed by atoms with Gasteiger partial charge < -0.3 is 10.2 Å². The van der Waals surface area contributed by atoms with Crippen molar-refractivity contribution >= 4 is 5.78 Å². The molecule has 3 saturated heterocycles. The fourth-order valence-electron chi connectivity index (χ4n) is 12.5. The second kappa shape index (κ2) is 20.3. The summed E-state index contributed by atoms with van der Waals surface area (Å²) < 4.78 is 0. The number of aliphatic hydroxyl groups is 2. The number of aryl methyl sites for hydroxylation is 6. The lowest BCUT2D eigenvalue weighted by Crippen LogP contribution is -2.48. The molecule has 0 aromatic heterocycles. The van der Waals surface area contributed by atoms with Crippen LogP contribution in [0.2, 0.25) is 0 Å². The van der Waals surface area contributed by atoms with E-state index in [0.29, 0.717) is 59.9 Å². The third-order valence-electron chi connectivity index (χ3n) is 16.2. The lowest BCUT2D eigenvalue weighted by molar-refractivity contribution is -0.129. The van der Waals surface area contributed by atoms with Gasteiger partial charge in [0.2, 0.25) is 0 Å². The zero-order valence-corrected chi connectivity index (χ0v) is 41.6. The van der Waals surface area contributed by atoms with E-state index < -0.39 is 0 Å². The van der Waals surface area contributed by atoms with Crippen LogP contribution in [0.25, 0.3) is 0 Å². The van der Waals surface area contributed by atoms with E-state index in [4.69, 9.17) is 0 Å². The fourth-order valence-corrected chi connectivity index (χ4v) is 12.5. The molecule has 0 aliphatic carbocycles. The van der Waals surface area contributed by atoms with Crippen molar-refractivity contribution in [2.75, 3.05) is 39.3 Å². The second-order valence-electron chi connectivity index (χ2n) is 22.6. The zero-order valence-electron chi connectivity index (χ0n) is 41.6. The number of hydrogen-bond donors (Lipinski definition) is 2. The van der Waals surface area contributed by atoms with E-state index in [-0.39, 0.29) is 18.1 Å². The predicted molar refractivity (Wildman–Crippen MR) is 262 cm³/mol. The summed E-state index contributed by atoms with van der Waals surface area (Å²) in [6.45, 7) is 33.2. The summed E-state index contributed by atoms with van der Waals surface area (Å²) in [7, 11) is 0. The van der Waals surface area contributed by atoms with Gasteiger partial charge in [-0.1, -0.05) is 77.9 Å². The number of piperidine rings is 3. The van der Waals surface area contributed by atoms with Crippen LogP contribution >= 0.6 is 0 Å². The van der Waals surface area contributed by atoms with E-state index in [2.05, 4.69) is 134 Å². The number of ketones is 1. The Morgan fingerprint density at radius 3 is 1.19 bits per heavy atom. The Labute approximate surface area is 383 Å². The van der Waals surface area contributed by atoms with E-state index in [9.17, 15) is 15.0 Å². The number of carbonyl (C=O) groups excluding carboxylic acids is 1. The van der Waals surface area contributed by atoms with Gasteiger partial charge in [0.05, 0.1) is 12.2 Å². The van der Waals surface area contributed by atoms with Gasteiger partial charge in [-0.25, -0.2) is 0 Å². The molecule has 2 N–H and O–H groups in total. The van der Waals surface area contributed by atoms with Crippen molar-refractivity contribution in [3.63, 3.8) is 0 Å². The molecule has 0 bridgehead atoms. The molecule has 3 aromatic carbocycles. The average molecular weight is 860 g/mol. The van der Waals surface area contributed by atoms with Crippen molar-refractivity contribution < 1.29 is 15.0 Å². The van der Waals surface area contributed by atoms with E-state index in [0.717, 1.165) is 90.6 Å². The highest BCUT2D eigenvalue weighted by Gasteiger charge is 2.41. The molecule has 346 valence electrons. The van der Waals surface area contributed by atoms with Gasteiger partial charge in [-0.05, 0) is 189 Å². The van der Waals surface area contributed by atoms with Crippen molar-refractivity contribution in [2.45, 2.75) is 171 Å². The number of aliphatic hydroxyl groups excluding tert-OH is 2. The summed E-state index contributed by atoms with van der Waals surface area (Å²) in [5.74, 6) is 3.60. The first kappa shape index (κ1) is 48.1. The SMILES string of the molecule is Cc1cc2c(cc1C)C1CC(=O)C(CC(C)C)CN1CC2.Cc1cc2c(cc1C)[C@@H]1C[C@@H](O)[C@@H](CC(C)C)CN1CC2.Cc1cc2c(cc1C)[C@H]1C[C@@H](O)[C@H](CC(C)C)CN1CC2. The maximum Gasteiger partial charge on any atom is 0.139 e. The highest BCUT2D eigenvalue weighted by molar-refractivity contribution is 5.83. The third kappa shape index (κ3) is 11.1. The first-order chi connectivity index (χ1) is 29.9. The highest BCUT2D eigenvalue weighted by Crippen LogP contribution is 2.43. The number of carbonyl (C=O) groups is 1. The molecule has 6 aliphatic rings. The van der Waals surface area contributed by atoms with Crippen LogP contribution in [-0.4, -0.2) is 82.2 Å². The summed E-state index contributed by atoms with van der Waals surface area (Å²) in [5.41, 5.74) is 17.2. The fraction of sp³-hybridized carbons (Fsp3) is 0.667. The van der Waals surface area contributed by atoms with Crippen LogP contribution in [0.5, 0.6) is 0 Å². The van der Waals surface area contributed by atoms with Gasteiger partial charge in [0.15, 0.2) is 0 Å². The van der Waals surface area contributed by atoms with Crippen LogP contribution in [0.4, 0.5) is 0 Å². The Morgan fingerprint density at radius 2 is 0.825 bits per heavy atom. The minimum absolute atomic E-state index is 0.138. The van der Waals surface area contributed by atoms with Gasteiger partial charge in [-0.3, -0.25) is 19.5 Å². The molecule has 3 aromatic rings. The summed E-state index contributed by atoms with van der Waals surface area (Å²) in [6.07, 6.45) is 9.05. The first-order valence-corrected chi connectivity index (χ1v) is 25.3. The Balaban J connectivity index is 0.000000142. The number of rotatable bonds is 6. The van der Waals surface area contributed by atoms with Gasteiger partial charge >= 0.3 is 0 Å². The molecule has 6 aliphatic heterocycles. The minimum Gasteiger partial charge on any atom is -0.393 e. The largest absolute Gasteiger partial charge is 0.393 e. The van der Waals surface area contributed by atoms with Crippen LogP contribution in [0.1, 0.15) is 165 Å². The molecular formula is C57H85N3O3. The van der Waals surface area contributed by atoms with Gasteiger partial charge in [0, 0.05) is 69.7 Å². The molecule has 8 atom stereocenters. The summed E-state index contributed by atoms with van der Waals surface area (Å²) >= 11 is 0.